The molecule has 0 aromatic carbocycles. The number of likely N-dealkylation sites (N-methyl/N-ethyl adjacent to an activating group) is 1. The maximum atomic E-state index is 3.76. The van der Waals surface area contributed by atoms with Crippen LogP contribution in [0.15, 0.2) is 24.8 Å². The molecule has 0 amide bonds. The highest BCUT2D eigenvalue weighted by Crippen LogP contribution is 2.09. The quantitative estimate of drug-likeness (QED) is 0.327. The summed E-state index contributed by atoms with van der Waals surface area (Å²) in [7, 11) is 2.28. The predicted octanol–water partition coefficient (Wildman–Crippen LogP) is -1.42. The van der Waals surface area contributed by atoms with Gasteiger partial charge in [-0.2, -0.15) is 0 Å². The van der Waals surface area contributed by atoms with Gasteiger partial charge in [-0.3, -0.25) is 0 Å². The standard InChI is InChI=1S/C9H16N.HI/c1-3-7-10(2)8-5-4-6-9-10;/h3-5H,1,6-9H2,2H3;1H/q+1;/p-1. The first-order valence-corrected chi connectivity index (χ1v) is 3.86. The Labute approximate surface area is 86.4 Å². The van der Waals surface area contributed by atoms with E-state index in [0.717, 1.165) is 11.0 Å². The Morgan fingerprint density at radius 3 is 2.73 bits per heavy atom. The molecular weight excluding hydrogens is 249 g/mol. The summed E-state index contributed by atoms with van der Waals surface area (Å²) in [5, 5.41) is 0. The molecular formula is C9H16IN. The van der Waals surface area contributed by atoms with Crippen molar-refractivity contribution in [1.29, 1.82) is 0 Å². The molecule has 2 heteroatoms. The van der Waals surface area contributed by atoms with Gasteiger partial charge in [0.15, 0.2) is 0 Å². The molecule has 0 N–H and O–H groups in total. The highest BCUT2D eigenvalue weighted by Gasteiger charge is 2.18. The largest absolute Gasteiger partial charge is 1.00 e. The van der Waals surface area contributed by atoms with Crippen molar-refractivity contribution >= 4 is 0 Å². The zero-order valence-electron chi connectivity index (χ0n) is 7.09. The molecule has 1 atom stereocenters. The maximum Gasteiger partial charge on any atom is 0.0974 e. The average molecular weight is 265 g/mol. The molecule has 0 bridgehead atoms. The van der Waals surface area contributed by atoms with Crippen molar-refractivity contribution in [3.05, 3.63) is 24.8 Å². The van der Waals surface area contributed by atoms with Gasteiger partial charge >= 0.3 is 0 Å². The zero-order valence-corrected chi connectivity index (χ0v) is 9.25. The first-order valence-electron chi connectivity index (χ1n) is 3.86. The molecule has 0 aromatic rings. The van der Waals surface area contributed by atoms with Crippen LogP contribution in [0.1, 0.15) is 6.42 Å². The van der Waals surface area contributed by atoms with Crippen molar-refractivity contribution in [1.82, 2.24) is 0 Å². The van der Waals surface area contributed by atoms with Crippen molar-refractivity contribution < 1.29 is 28.5 Å². The van der Waals surface area contributed by atoms with Crippen LogP contribution in [0, 0.1) is 0 Å². The second kappa shape index (κ2) is 4.93. The molecule has 0 aliphatic carbocycles. The van der Waals surface area contributed by atoms with Gasteiger partial charge in [-0.25, -0.2) is 0 Å². The number of nitrogens with zero attached hydrogens (tertiary/aromatic N) is 1. The van der Waals surface area contributed by atoms with Gasteiger partial charge in [-0.1, -0.05) is 12.7 Å². The topological polar surface area (TPSA) is 0 Å². The summed E-state index contributed by atoms with van der Waals surface area (Å²) >= 11 is 0. The van der Waals surface area contributed by atoms with Crippen LogP contribution in [0.4, 0.5) is 0 Å². The minimum atomic E-state index is 0. The summed E-state index contributed by atoms with van der Waals surface area (Å²) in [6.07, 6.45) is 7.78. The molecule has 1 unspecified atom stereocenters. The summed E-state index contributed by atoms with van der Waals surface area (Å²) in [5.41, 5.74) is 0. The van der Waals surface area contributed by atoms with E-state index in [2.05, 4.69) is 25.8 Å². The third-order valence-corrected chi connectivity index (χ3v) is 2.12. The van der Waals surface area contributed by atoms with E-state index in [4.69, 9.17) is 0 Å². The van der Waals surface area contributed by atoms with Gasteiger partial charge in [0.2, 0.25) is 0 Å². The van der Waals surface area contributed by atoms with Crippen LogP contribution in [0.5, 0.6) is 0 Å². The van der Waals surface area contributed by atoms with Crippen molar-refractivity contribution in [3.63, 3.8) is 0 Å². The van der Waals surface area contributed by atoms with E-state index < -0.39 is 0 Å². The van der Waals surface area contributed by atoms with Gasteiger partial charge in [0, 0.05) is 6.42 Å². The molecule has 1 aliphatic rings. The Hall–Kier alpha value is 0.170. The Bertz CT molecular complexity index is 154. The third-order valence-electron chi connectivity index (χ3n) is 2.12. The van der Waals surface area contributed by atoms with Gasteiger partial charge in [0.05, 0.1) is 26.7 Å². The number of halogens is 1. The van der Waals surface area contributed by atoms with E-state index in [0.29, 0.717) is 0 Å². The lowest BCUT2D eigenvalue weighted by atomic mass is 10.2. The summed E-state index contributed by atoms with van der Waals surface area (Å²) < 4.78 is 1.14. The van der Waals surface area contributed by atoms with E-state index in [9.17, 15) is 0 Å². The monoisotopic (exact) mass is 265 g/mol. The van der Waals surface area contributed by atoms with Gasteiger partial charge in [-0.05, 0) is 12.2 Å². The molecule has 0 saturated carbocycles. The molecule has 64 valence electrons. The van der Waals surface area contributed by atoms with Crippen molar-refractivity contribution in [2.75, 3.05) is 26.7 Å². The number of hydrogen-bond donors (Lipinski definition) is 0. The zero-order chi connectivity index (χ0) is 7.45. The Morgan fingerprint density at radius 1 is 1.55 bits per heavy atom. The lowest BCUT2D eigenvalue weighted by Crippen LogP contribution is -3.00. The molecule has 11 heavy (non-hydrogen) atoms. The first kappa shape index (κ1) is 11.2. The molecule has 0 aromatic heterocycles. The SMILES string of the molecule is C=CC[N+]1(C)CC=CCC1.[I-]. The molecule has 1 rings (SSSR count). The van der Waals surface area contributed by atoms with Crippen molar-refractivity contribution in [2.24, 2.45) is 0 Å². The number of quaternary nitrogens is 1. The first-order chi connectivity index (χ1) is 4.77. The lowest BCUT2D eigenvalue weighted by molar-refractivity contribution is -0.899. The van der Waals surface area contributed by atoms with Crippen molar-refractivity contribution in [3.8, 4) is 0 Å². The molecule has 0 fully saturated rings. The molecule has 0 saturated heterocycles. The second-order valence-corrected chi connectivity index (χ2v) is 3.26. The van der Waals surface area contributed by atoms with E-state index in [1.807, 2.05) is 6.08 Å². The van der Waals surface area contributed by atoms with Crippen LogP contribution >= 0.6 is 0 Å². The van der Waals surface area contributed by atoms with Crippen LogP contribution in [0.2, 0.25) is 0 Å². The normalized spacial score (nSPS) is 29.2. The minimum absolute atomic E-state index is 0. The average Bonchev–Trinajstić information content (AvgIpc) is 1.89. The van der Waals surface area contributed by atoms with Gasteiger partial charge < -0.3 is 28.5 Å². The fourth-order valence-corrected chi connectivity index (χ4v) is 1.40. The molecule has 0 radical (unpaired) electrons. The number of rotatable bonds is 2. The summed E-state index contributed by atoms with van der Waals surface area (Å²) in [5.74, 6) is 0. The van der Waals surface area contributed by atoms with Gasteiger partial charge in [-0.15, -0.1) is 0 Å². The highest BCUT2D eigenvalue weighted by atomic mass is 127. The summed E-state index contributed by atoms with van der Waals surface area (Å²) in [6, 6.07) is 0. The smallest absolute Gasteiger partial charge is 0.0974 e. The van der Waals surface area contributed by atoms with E-state index in [1.165, 1.54) is 19.5 Å². The van der Waals surface area contributed by atoms with E-state index in [1.54, 1.807) is 0 Å². The van der Waals surface area contributed by atoms with E-state index in [-0.39, 0.29) is 24.0 Å². The fraction of sp³-hybridized carbons (Fsp3) is 0.556. The van der Waals surface area contributed by atoms with Crippen LogP contribution < -0.4 is 24.0 Å². The third kappa shape index (κ3) is 3.38. The van der Waals surface area contributed by atoms with Crippen LogP contribution in [0.3, 0.4) is 0 Å². The highest BCUT2D eigenvalue weighted by molar-refractivity contribution is 4.86. The minimum Gasteiger partial charge on any atom is -1.00 e. The van der Waals surface area contributed by atoms with Crippen LogP contribution in [-0.4, -0.2) is 31.2 Å². The van der Waals surface area contributed by atoms with Crippen LogP contribution in [0.25, 0.3) is 0 Å². The Morgan fingerprint density at radius 2 is 2.27 bits per heavy atom. The summed E-state index contributed by atoms with van der Waals surface area (Å²) in [4.78, 5) is 0. The fourth-order valence-electron chi connectivity index (χ4n) is 1.40. The molecule has 1 nitrogen and oxygen atoms in total. The second-order valence-electron chi connectivity index (χ2n) is 3.26. The van der Waals surface area contributed by atoms with Crippen LogP contribution in [-0.2, 0) is 0 Å². The van der Waals surface area contributed by atoms with Gasteiger partial charge in [0.25, 0.3) is 0 Å². The molecule has 0 spiro atoms. The Kier molecular flexibility index (Phi) is 5.01. The van der Waals surface area contributed by atoms with Gasteiger partial charge in [0.1, 0.15) is 0 Å². The maximum absolute atomic E-state index is 3.76. The lowest BCUT2D eigenvalue weighted by Gasteiger charge is -2.34. The Balaban J connectivity index is 0.000001000. The molecule has 1 heterocycles. The van der Waals surface area contributed by atoms with Crippen molar-refractivity contribution in [2.45, 2.75) is 6.42 Å². The predicted molar refractivity (Wildman–Crippen MR) is 44.7 cm³/mol. The molecule has 1 aliphatic heterocycles. The van der Waals surface area contributed by atoms with E-state index >= 15 is 0 Å². The summed E-state index contributed by atoms with van der Waals surface area (Å²) in [6.45, 7) is 7.30. The number of hydrogen-bond acceptors (Lipinski definition) is 0.